The van der Waals surface area contributed by atoms with Crippen molar-refractivity contribution < 1.29 is 9.90 Å². The van der Waals surface area contributed by atoms with Crippen LogP contribution in [0.15, 0.2) is 46.1 Å². The van der Waals surface area contributed by atoms with Crippen molar-refractivity contribution in [3.05, 3.63) is 62.9 Å². The topological polar surface area (TPSA) is 95.4 Å². The zero-order chi connectivity index (χ0) is 19.2. The van der Waals surface area contributed by atoms with Crippen LogP contribution in [0, 0.1) is 0 Å². The van der Waals surface area contributed by atoms with Crippen molar-refractivity contribution in [1.82, 2.24) is 14.5 Å². The second-order valence-corrected chi connectivity index (χ2v) is 7.00. The van der Waals surface area contributed by atoms with Crippen LogP contribution in [0.1, 0.15) is 37.7 Å². The molecule has 3 rings (SSSR count). The highest BCUT2D eigenvalue weighted by Crippen LogP contribution is 2.23. The Kier molecular flexibility index (Phi) is 6.11. The number of aryl methyl sites for hydroxylation is 2. The van der Waals surface area contributed by atoms with Crippen molar-refractivity contribution in [2.75, 3.05) is 6.54 Å². The van der Waals surface area contributed by atoms with E-state index in [0.29, 0.717) is 0 Å². The Morgan fingerprint density at radius 3 is 2.67 bits per heavy atom. The Bertz CT molecular complexity index is 885. The molecule has 0 spiro atoms. The molecule has 2 aromatic rings. The summed E-state index contributed by atoms with van der Waals surface area (Å²) in [5.41, 5.74) is 0.219. The number of aromatic amines is 1. The molecule has 1 amide bonds. The number of carbonyl (C=O) groups is 1. The average molecular weight is 371 g/mol. The van der Waals surface area contributed by atoms with Gasteiger partial charge in [0.25, 0.3) is 5.56 Å². The van der Waals surface area contributed by atoms with Crippen LogP contribution in [0.2, 0.25) is 0 Å². The molecule has 0 unspecified atom stereocenters. The largest absolute Gasteiger partial charge is 0.508 e. The number of rotatable bonds is 6. The molecule has 27 heavy (non-hydrogen) atoms. The van der Waals surface area contributed by atoms with E-state index >= 15 is 0 Å². The van der Waals surface area contributed by atoms with E-state index in [-0.39, 0.29) is 30.7 Å². The summed E-state index contributed by atoms with van der Waals surface area (Å²) in [5.74, 6) is 0.300. The summed E-state index contributed by atoms with van der Waals surface area (Å²) >= 11 is 0. The molecule has 2 N–H and O–H groups in total. The first kappa shape index (κ1) is 18.9. The van der Waals surface area contributed by atoms with E-state index in [1.165, 1.54) is 16.8 Å². The lowest BCUT2D eigenvalue weighted by Crippen LogP contribution is -2.44. The number of nitrogens with zero attached hydrogens (tertiary/aromatic N) is 2. The van der Waals surface area contributed by atoms with Crippen molar-refractivity contribution in [2.24, 2.45) is 0 Å². The van der Waals surface area contributed by atoms with Crippen LogP contribution in [-0.4, -0.2) is 38.1 Å². The number of nitrogens with one attached hydrogen (secondary N) is 1. The molecule has 0 radical (unpaired) electrons. The van der Waals surface area contributed by atoms with Crippen LogP contribution < -0.4 is 11.2 Å². The maximum Gasteiger partial charge on any atom is 0.328 e. The van der Waals surface area contributed by atoms with Gasteiger partial charge in [0, 0.05) is 37.8 Å². The molecule has 0 aliphatic carbocycles. The van der Waals surface area contributed by atoms with Gasteiger partial charge in [-0.15, -0.1) is 0 Å². The van der Waals surface area contributed by atoms with Gasteiger partial charge < -0.3 is 14.6 Å². The van der Waals surface area contributed by atoms with E-state index in [1.807, 2.05) is 17.0 Å². The first-order valence-corrected chi connectivity index (χ1v) is 9.40. The number of hydrogen-bond donors (Lipinski definition) is 2. The van der Waals surface area contributed by atoms with Gasteiger partial charge >= 0.3 is 5.69 Å². The Balaban J connectivity index is 1.58. The van der Waals surface area contributed by atoms with Crippen LogP contribution in [0.5, 0.6) is 5.75 Å². The number of phenols is 1. The monoisotopic (exact) mass is 371 g/mol. The quantitative estimate of drug-likeness (QED) is 0.807. The highest BCUT2D eigenvalue weighted by molar-refractivity contribution is 5.76. The molecule has 0 bridgehead atoms. The fourth-order valence-corrected chi connectivity index (χ4v) is 3.60. The number of carbonyl (C=O) groups excluding carboxylic acids is 1. The number of aromatic nitrogens is 2. The van der Waals surface area contributed by atoms with Crippen molar-refractivity contribution in [1.29, 1.82) is 0 Å². The summed E-state index contributed by atoms with van der Waals surface area (Å²) < 4.78 is 1.36. The van der Waals surface area contributed by atoms with E-state index in [9.17, 15) is 19.5 Å². The molecule has 1 fully saturated rings. The molecular weight excluding hydrogens is 346 g/mol. The molecule has 144 valence electrons. The Morgan fingerprint density at radius 2 is 1.93 bits per heavy atom. The van der Waals surface area contributed by atoms with Gasteiger partial charge in [0.1, 0.15) is 5.75 Å². The van der Waals surface area contributed by atoms with Crippen molar-refractivity contribution in [2.45, 2.75) is 51.1 Å². The molecule has 1 aromatic carbocycles. The van der Waals surface area contributed by atoms with E-state index in [0.717, 1.165) is 44.2 Å². The number of aromatic hydroxyl groups is 1. The standard InChI is InChI=1S/C20H25N3O4/c24-17-8-5-15(6-9-17)4-7-16-3-1-2-12-23(16)19(26)11-14-22-13-10-18(25)21-20(22)27/h5-6,8-10,13,16,24H,1-4,7,11-12,14H2,(H,21,25,27)/t16-/m1/s1. The molecule has 1 saturated heterocycles. The van der Waals surface area contributed by atoms with Gasteiger partial charge in [-0.1, -0.05) is 12.1 Å². The molecule has 2 heterocycles. The summed E-state index contributed by atoms with van der Waals surface area (Å²) in [6.07, 6.45) is 6.50. The summed E-state index contributed by atoms with van der Waals surface area (Å²) in [6.45, 7) is 1.01. The van der Waals surface area contributed by atoms with E-state index in [1.54, 1.807) is 12.1 Å². The lowest BCUT2D eigenvalue weighted by atomic mass is 9.95. The highest BCUT2D eigenvalue weighted by Gasteiger charge is 2.26. The minimum atomic E-state index is -0.488. The molecule has 0 saturated carbocycles. The average Bonchev–Trinajstić information content (AvgIpc) is 2.67. The summed E-state index contributed by atoms with van der Waals surface area (Å²) in [7, 11) is 0. The van der Waals surface area contributed by atoms with Crippen molar-refractivity contribution >= 4 is 5.91 Å². The minimum absolute atomic E-state index is 0.0449. The minimum Gasteiger partial charge on any atom is -0.508 e. The number of amides is 1. The molecule has 1 atom stereocenters. The number of benzene rings is 1. The van der Waals surface area contributed by atoms with Gasteiger partial charge in [-0.2, -0.15) is 0 Å². The van der Waals surface area contributed by atoms with Crippen molar-refractivity contribution in [3.8, 4) is 5.75 Å². The Labute approximate surface area is 157 Å². The van der Waals surface area contributed by atoms with Gasteiger partial charge in [-0.05, 0) is 49.8 Å². The third-order valence-corrected chi connectivity index (χ3v) is 5.11. The van der Waals surface area contributed by atoms with Gasteiger partial charge in [0.15, 0.2) is 0 Å². The number of phenolic OH excluding ortho intramolecular Hbond substituents is 1. The molecular formula is C20H25N3O4. The first-order chi connectivity index (χ1) is 13.0. The van der Waals surface area contributed by atoms with Crippen LogP contribution in [0.25, 0.3) is 0 Å². The number of H-pyrrole nitrogens is 1. The summed E-state index contributed by atoms with van der Waals surface area (Å²) in [5, 5.41) is 9.38. The predicted octanol–water partition coefficient (Wildman–Crippen LogP) is 1.65. The third kappa shape index (κ3) is 5.09. The molecule has 7 heteroatoms. The van der Waals surface area contributed by atoms with Crippen molar-refractivity contribution in [3.63, 3.8) is 0 Å². The SMILES string of the molecule is O=C(CCn1ccc(=O)[nH]c1=O)N1CCCC[C@@H]1CCc1ccc(O)cc1. The normalized spacial score (nSPS) is 17.0. The number of likely N-dealkylation sites (tertiary alicyclic amines) is 1. The van der Waals surface area contributed by atoms with Gasteiger partial charge in [0.05, 0.1) is 0 Å². The predicted molar refractivity (Wildman–Crippen MR) is 102 cm³/mol. The second kappa shape index (κ2) is 8.70. The van der Waals surface area contributed by atoms with Crippen LogP contribution in [-0.2, 0) is 17.8 Å². The van der Waals surface area contributed by atoms with E-state index in [4.69, 9.17) is 0 Å². The summed E-state index contributed by atoms with van der Waals surface area (Å²) in [6, 6.07) is 8.67. The number of piperidine rings is 1. The van der Waals surface area contributed by atoms with Gasteiger partial charge in [-0.3, -0.25) is 14.6 Å². The first-order valence-electron chi connectivity index (χ1n) is 9.40. The summed E-state index contributed by atoms with van der Waals surface area (Å²) in [4.78, 5) is 39.7. The highest BCUT2D eigenvalue weighted by atomic mass is 16.3. The fraction of sp³-hybridized carbons (Fsp3) is 0.450. The molecule has 1 aliphatic heterocycles. The fourth-order valence-electron chi connectivity index (χ4n) is 3.60. The lowest BCUT2D eigenvalue weighted by Gasteiger charge is -2.36. The number of hydrogen-bond acceptors (Lipinski definition) is 4. The van der Waals surface area contributed by atoms with Gasteiger partial charge in [0.2, 0.25) is 5.91 Å². The smallest absolute Gasteiger partial charge is 0.328 e. The molecule has 7 nitrogen and oxygen atoms in total. The third-order valence-electron chi connectivity index (χ3n) is 5.11. The second-order valence-electron chi connectivity index (χ2n) is 7.00. The van der Waals surface area contributed by atoms with Gasteiger partial charge in [-0.25, -0.2) is 4.79 Å². The maximum absolute atomic E-state index is 12.7. The molecule has 1 aromatic heterocycles. The Morgan fingerprint density at radius 1 is 1.15 bits per heavy atom. The van der Waals surface area contributed by atoms with E-state index < -0.39 is 11.2 Å². The maximum atomic E-state index is 12.7. The van der Waals surface area contributed by atoms with Crippen LogP contribution in [0.4, 0.5) is 0 Å². The molecule has 1 aliphatic rings. The van der Waals surface area contributed by atoms with Crippen LogP contribution >= 0.6 is 0 Å². The zero-order valence-electron chi connectivity index (χ0n) is 15.3. The zero-order valence-corrected chi connectivity index (χ0v) is 15.3. The van der Waals surface area contributed by atoms with E-state index in [2.05, 4.69) is 4.98 Å². The lowest BCUT2D eigenvalue weighted by molar-refractivity contribution is -0.135. The Hall–Kier alpha value is -2.83. The van der Waals surface area contributed by atoms with Crippen LogP contribution in [0.3, 0.4) is 0 Å².